The quantitative estimate of drug-likeness (QED) is 0.613. The van der Waals surface area contributed by atoms with Crippen LogP contribution < -0.4 is 0 Å². The van der Waals surface area contributed by atoms with Crippen molar-refractivity contribution in [1.29, 1.82) is 0 Å². The lowest BCUT2D eigenvalue weighted by Crippen LogP contribution is -2.19. The van der Waals surface area contributed by atoms with Gasteiger partial charge < -0.3 is 0 Å². The first-order valence-electron chi connectivity index (χ1n) is 7.65. The van der Waals surface area contributed by atoms with Gasteiger partial charge in [-0.15, -0.1) is 5.73 Å². The van der Waals surface area contributed by atoms with Gasteiger partial charge in [-0.25, -0.2) is 0 Å². The van der Waals surface area contributed by atoms with Crippen molar-refractivity contribution in [3.63, 3.8) is 0 Å². The molecular weight excluding hydrogens is 252 g/mol. The highest BCUT2D eigenvalue weighted by Crippen LogP contribution is 2.48. The Kier molecular flexibility index (Phi) is 2.91. The Hall–Kier alpha value is -2.30. The molecule has 0 aromatic heterocycles. The van der Waals surface area contributed by atoms with Crippen molar-refractivity contribution < 1.29 is 0 Å². The number of allylic oxidation sites excluding steroid dienone is 3. The van der Waals surface area contributed by atoms with E-state index in [4.69, 9.17) is 0 Å². The Morgan fingerprint density at radius 3 is 2.43 bits per heavy atom. The maximum absolute atomic E-state index is 3.53. The van der Waals surface area contributed by atoms with Crippen molar-refractivity contribution >= 4 is 0 Å². The SMILES string of the molecule is CC1C2=C=CCC=C2C(c2ccccc2)c2ccccc21. The minimum Gasteiger partial charge on any atom is -0.120 e. The van der Waals surface area contributed by atoms with Gasteiger partial charge in [0.2, 0.25) is 0 Å². The summed E-state index contributed by atoms with van der Waals surface area (Å²) in [4.78, 5) is 0. The Labute approximate surface area is 126 Å². The average Bonchev–Trinajstić information content (AvgIpc) is 2.56. The number of hydrogen-bond acceptors (Lipinski definition) is 0. The second-order valence-electron chi connectivity index (χ2n) is 5.85. The minimum atomic E-state index is 0.356. The monoisotopic (exact) mass is 270 g/mol. The summed E-state index contributed by atoms with van der Waals surface area (Å²) in [6, 6.07) is 19.7. The molecule has 2 atom stereocenters. The third-order valence-corrected chi connectivity index (χ3v) is 4.67. The summed E-state index contributed by atoms with van der Waals surface area (Å²) in [6.07, 6.45) is 5.54. The summed E-state index contributed by atoms with van der Waals surface area (Å²) < 4.78 is 0. The topological polar surface area (TPSA) is 0 Å². The average molecular weight is 270 g/mol. The van der Waals surface area contributed by atoms with Crippen molar-refractivity contribution in [2.24, 2.45) is 0 Å². The van der Waals surface area contributed by atoms with Crippen LogP contribution in [0.3, 0.4) is 0 Å². The zero-order chi connectivity index (χ0) is 14.2. The van der Waals surface area contributed by atoms with E-state index in [0.29, 0.717) is 11.8 Å². The largest absolute Gasteiger partial charge is 0.120 e. The number of benzene rings is 2. The first kappa shape index (κ1) is 12.4. The van der Waals surface area contributed by atoms with E-state index in [2.05, 4.69) is 79.4 Å². The van der Waals surface area contributed by atoms with Gasteiger partial charge in [-0.1, -0.05) is 67.6 Å². The molecule has 4 rings (SSSR count). The molecule has 102 valence electrons. The normalized spacial score (nSPS) is 22.9. The van der Waals surface area contributed by atoms with Gasteiger partial charge in [0.15, 0.2) is 0 Å². The van der Waals surface area contributed by atoms with Crippen molar-refractivity contribution in [2.45, 2.75) is 25.2 Å². The van der Waals surface area contributed by atoms with Crippen LogP contribution in [0.5, 0.6) is 0 Å². The molecule has 2 aliphatic rings. The van der Waals surface area contributed by atoms with E-state index in [0.717, 1.165) is 6.42 Å². The van der Waals surface area contributed by atoms with Crippen molar-refractivity contribution in [3.8, 4) is 0 Å². The Morgan fingerprint density at radius 2 is 1.62 bits per heavy atom. The van der Waals surface area contributed by atoms with Crippen LogP contribution in [0.1, 0.15) is 41.9 Å². The van der Waals surface area contributed by atoms with E-state index in [-0.39, 0.29) is 0 Å². The Balaban J connectivity index is 2.00. The molecule has 21 heavy (non-hydrogen) atoms. The first-order chi connectivity index (χ1) is 10.4. The Morgan fingerprint density at radius 1 is 0.905 bits per heavy atom. The van der Waals surface area contributed by atoms with E-state index < -0.39 is 0 Å². The first-order valence-corrected chi connectivity index (χ1v) is 7.65. The summed E-state index contributed by atoms with van der Waals surface area (Å²) in [5.41, 5.74) is 10.6. The summed E-state index contributed by atoms with van der Waals surface area (Å²) in [5, 5.41) is 0. The van der Waals surface area contributed by atoms with Crippen LogP contribution >= 0.6 is 0 Å². The van der Waals surface area contributed by atoms with Gasteiger partial charge >= 0.3 is 0 Å². The van der Waals surface area contributed by atoms with Gasteiger partial charge in [0.25, 0.3) is 0 Å². The molecule has 2 aliphatic carbocycles. The van der Waals surface area contributed by atoms with Crippen LogP contribution in [0.25, 0.3) is 0 Å². The van der Waals surface area contributed by atoms with Crippen LogP contribution in [0.15, 0.2) is 83.6 Å². The van der Waals surface area contributed by atoms with E-state index in [1.807, 2.05) is 0 Å². The van der Waals surface area contributed by atoms with Crippen LogP contribution in [0, 0.1) is 0 Å². The zero-order valence-corrected chi connectivity index (χ0v) is 12.2. The molecule has 0 nitrogen and oxygen atoms in total. The van der Waals surface area contributed by atoms with Gasteiger partial charge in [-0.3, -0.25) is 0 Å². The highest BCUT2D eigenvalue weighted by molar-refractivity contribution is 5.60. The van der Waals surface area contributed by atoms with Crippen LogP contribution in [0.4, 0.5) is 0 Å². The van der Waals surface area contributed by atoms with Gasteiger partial charge in [0.05, 0.1) is 0 Å². The minimum absolute atomic E-state index is 0.356. The molecule has 0 heteroatoms. The molecule has 0 heterocycles. The predicted molar refractivity (Wildman–Crippen MR) is 87.4 cm³/mol. The molecule has 0 N–H and O–H groups in total. The van der Waals surface area contributed by atoms with Gasteiger partial charge in [0, 0.05) is 17.4 Å². The van der Waals surface area contributed by atoms with E-state index >= 15 is 0 Å². The third-order valence-electron chi connectivity index (χ3n) is 4.67. The molecular formula is C21H18. The number of hydrogen-bond donors (Lipinski definition) is 0. The molecule has 2 aromatic rings. The van der Waals surface area contributed by atoms with E-state index in [1.54, 1.807) is 0 Å². The fourth-order valence-electron chi connectivity index (χ4n) is 3.69. The van der Waals surface area contributed by atoms with Crippen molar-refractivity contribution in [2.75, 3.05) is 0 Å². The van der Waals surface area contributed by atoms with Crippen molar-refractivity contribution in [1.82, 2.24) is 0 Å². The van der Waals surface area contributed by atoms with Crippen molar-refractivity contribution in [3.05, 3.63) is 100 Å². The molecule has 0 radical (unpaired) electrons. The van der Waals surface area contributed by atoms with Gasteiger partial charge in [0.1, 0.15) is 0 Å². The highest BCUT2D eigenvalue weighted by atomic mass is 14.4. The van der Waals surface area contributed by atoms with Crippen LogP contribution in [-0.2, 0) is 0 Å². The summed E-state index contributed by atoms with van der Waals surface area (Å²) in [6.45, 7) is 2.30. The lowest BCUT2D eigenvalue weighted by Gasteiger charge is -2.35. The molecule has 0 saturated heterocycles. The predicted octanol–water partition coefficient (Wildman–Crippen LogP) is 5.35. The van der Waals surface area contributed by atoms with Crippen LogP contribution in [-0.4, -0.2) is 0 Å². The highest BCUT2D eigenvalue weighted by Gasteiger charge is 2.33. The molecule has 0 fully saturated rings. The lowest BCUT2D eigenvalue weighted by atomic mass is 9.68. The lowest BCUT2D eigenvalue weighted by molar-refractivity contribution is 0.772. The fourth-order valence-corrected chi connectivity index (χ4v) is 3.69. The van der Waals surface area contributed by atoms with E-state index in [1.165, 1.54) is 27.8 Å². The molecule has 2 aromatic carbocycles. The molecule has 0 saturated carbocycles. The maximum Gasteiger partial charge on any atom is 0.0348 e. The fraction of sp³-hybridized carbons (Fsp3) is 0.190. The molecule has 0 spiro atoms. The maximum atomic E-state index is 3.53. The smallest absolute Gasteiger partial charge is 0.0348 e. The van der Waals surface area contributed by atoms with E-state index in [9.17, 15) is 0 Å². The molecule has 0 bridgehead atoms. The summed E-state index contributed by atoms with van der Waals surface area (Å²) >= 11 is 0. The molecule has 2 unspecified atom stereocenters. The second-order valence-corrected chi connectivity index (χ2v) is 5.85. The standard InChI is InChI=1S/C21H18/c1-15-17-11-5-7-13-19(17)21(16-9-3-2-4-10-16)20-14-8-6-12-18(15)20/h2-7,9-11,13-15,21H,8H2,1H3. The number of fused-ring (bicyclic) bond motifs is 2. The second kappa shape index (κ2) is 4.91. The molecule has 0 amide bonds. The molecule has 0 aliphatic heterocycles. The number of rotatable bonds is 1. The Bertz CT molecular complexity index is 771. The zero-order valence-electron chi connectivity index (χ0n) is 12.2. The van der Waals surface area contributed by atoms with Gasteiger partial charge in [-0.05, 0) is 34.8 Å². The van der Waals surface area contributed by atoms with Crippen LogP contribution in [0.2, 0.25) is 0 Å². The third kappa shape index (κ3) is 1.92. The van der Waals surface area contributed by atoms with Gasteiger partial charge in [-0.2, -0.15) is 0 Å². The summed E-state index contributed by atoms with van der Waals surface area (Å²) in [5.74, 6) is 0.791. The summed E-state index contributed by atoms with van der Waals surface area (Å²) in [7, 11) is 0.